The summed E-state index contributed by atoms with van der Waals surface area (Å²) in [6, 6.07) is 14.2. The standard InChI is InChI=1S/C21H15FN2O2S2/c1-11(25)17-14-7-2-3-8-15(14)23-19(18(17)22)13-6-4-5-12(9-13)10-16-20(26)24-21(27)28-16/h2-11,25H,1H3,(H,24,26,27)/b16-10-. The number of benzene rings is 2. The number of rotatable bonds is 3. The molecule has 2 heterocycles. The Morgan fingerprint density at radius 3 is 2.75 bits per heavy atom. The van der Waals surface area contributed by atoms with Crippen molar-refractivity contribution in [3.8, 4) is 11.3 Å². The van der Waals surface area contributed by atoms with Crippen LogP contribution >= 0.6 is 24.0 Å². The number of hydrogen-bond acceptors (Lipinski definition) is 5. The summed E-state index contributed by atoms with van der Waals surface area (Å²) in [5.74, 6) is -0.792. The largest absolute Gasteiger partial charge is 0.389 e. The molecule has 1 atom stereocenters. The van der Waals surface area contributed by atoms with Crippen LogP contribution in [0.15, 0.2) is 53.4 Å². The summed E-state index contributed by atoms with van der Waals surface area (Å²) >= 11 is 6.19. The van der Waals surface area contributed by atoms with Crippen molar-refractivity contribution in [3.05, 3.63) is 70.4 Å². The number of amides is 1. The SMILES string of the molecule is CC(O)c1c(F)c(-c2cccc(/C=C3\SC(=S)NC3=O)c2)nc2ccccc12. The third-order valence-corrected chi connectivity index (χ3v) is 5.55. The Bertz CT molecular complexity index is 1160. The fourth-order valence-corrected chi connectivity index (χ4v) is 4.21. The Labute approximate surface area is 170 Å². The molecule has 1 fully saturated rings. The van der Waals surface area contributed by atoms with Crippen molar-refractivity contribution in [3.63, 3.8) is 0 Å². The second-order valence-electron chi connectivity index (χ2n) is 6.36. The monoisotopic (exact) mass is 410 g/mol. The van der Waals surface area contributed by atoms with Crippen LogP contribution < -0.4 is 5.32 Å². The molecule has 0 aliphatic carbocycles. The molecule has 1 aliphatic rings. The van der Waals surface area contributed by atoms with Gasteiger partial charge in [0.2, 0.25) is 0 Å². The minimum atomic E-state index is -0.975. The minimum absolute atomic E-state index is 0.161. The highest BCUT2D eigenvalue weighted by Gasteiger charge is 2.22. The van der Waals surface area contributed by atoms with Gasteiger partial charge in [0.05, 0.1) is 16.5 Å². The average Bonchev–Trinajstić information content (AvgIpc) is 2.98. The first-order chi connectivity index (χ1) is 13.4. The number of hydrogen-bond donors (Lipinski definition) is 2. The van der Waals surface area contributed by atoms with Gasteiger partial charge in [-0.05, 0) is 30.7 Å². The number of pyridine rings is 1. The summed E-state index contributed by atoms with van der Waals surface area (Å²) in [5.41, 5.74) is 2.28. The maximum atomic E-state index is 15.3. The normalized spacial score (nSPS) is 16.6. The summed E-state index contributed by atoms with van der Waals surface area (Å²) in [7, 11) is 0. The molecule has 4 rings (SSSR count). The van der Waals surface area contributed by atoms with Gasteiger partial charge in [-0.15, -0.1) is 0 Å². The van der Waals surface area contributed by atoms with E-state index in [0.717, 1.165) is 5.56 Å². The van der Waals surface area contributed by atoms with Gasteiger partial charge in [0.25, 0.3) is 5.91 Å². The molecule has 2 aromatic carbocycles. The summed E-state index contributed by atoms with van der Waals surface area (Å²) < 4.78 is 15.7. The maximum absolute atomic E-state index is 15.3. The molecule has 0 spiro atoms. The first-order valence-electron chi connectivity index (χ1n) is 8.55. The van der Waals surface area contributed by atoms with E-state index >= 15 is 4.39 Å². The van der Waals surface area contributed by atoms with Crippen LogP contribution in [-0.2, 0) is 4.79 Å². The topological polar surface area (TPSA) is 62.2 Å². The van der Waals surface area contributed by atoms with Gasteiger partial charge >= 0.3 is 0 Å². The predicted octanol–water partition coefficient (Wildman–Crippen LogP) is 4.58. The Morgan fingerprint density at radius 1 is 1.25 bits per heavy atom. The molecular weight excluding hydrogens is 395 g/mol. The predicted molar refractivity (Wildman–Crippen MR) is 114 cm³/mol. The maximum Gasteiger partial charge on any atom is 0.263 e. The van der Waals surface area contributed by atoms with Crippen LogP contribution in [-0.4, -0.2) is 20.3 Å². The van der Waals surface area contributed by atoms with E-state index in [4.69, 9.17) is 12.2 Å². The quantitative estimate of drug-likeness (QED) is 0.489. The zero-order valence-electron chi connectivity index (χ0n) is 14.8. The third-order valence-electron chi connectivity index (χ3n) is 4.39. The number of nitrogens with one attached hydrogen (secondary N) is 1. The van der Waals surface area contributed by atoms with E-state index in [0.29, 0.717) is 25.7 Å². The van der Waals surface area contributed by atoms with Crippen molar-refractivity contribution < 1.29 is 14.3 Å². The number of carbonyl (C=O) groups excluding carboxylic acids is 1. The number of thioether (sulfide) groups is 1. The highest BCUT2D eigenvalue weighted by atomic mass is 32.2. The highest BCUT2D eigenvalue weighted by Crippen LogP contribution is 2.33. The lowest BCUT2D eigenvalue weighted by Gasteiger charge is -2.14. The second kappa shape index (κ2) is 7.43. The van der Waals surface area contributed by atoms with Crippen LogP contribution in [0.25, 0.3) is 28.2 Å². The summed E-state index contributed by atoms with van der Waals surface area (Å²) in [6.45, 7) is 1.54. The van der Waals surface area contributed by atoms with Crippen molar-refractivity contribution in [2.45, 2.75) is 13.0 Å². The lowest BCUT2D eigenvalue weighted by molar-refractivity contribution is -0.115. The first-order valence-corrected chi connectivity index (χ1v) is 9.78. The van der Waals surface area contributed by atoms with Crippen molar-refractivity contribution >= 4 is 51.2 Å². The number of aliphatic hydroxyl groups is 1. The number of aromatic nitrogens is 1. The summed E-state index contributed by atoms with van der Waals surface area (Å²) in [4.78, 5) is 16.8. The van der Waals surface area contributed by atoms with E-state index in [2.05, 4.69) is 10.3 Å². The minimum Gasteiger partial charge on any atom is -0.389 e. The van der Waals surface area contributed by atoms with E-state index in [9.17, 15) is 9.90 Å². The average molecular weight is 410 g/mol. The van der Waals surface area contributed by atoms with E-state index < -0.39 is 11.9 Å². The van der Waals surface area contributed by atoms with Crippen LogP contribution in [0.1, 0.15) is 24.2 Å². The number of halogens is 1. The second-order valence-corrected chi connectivity index (χ2v) is 8.08. The molecule has 0 radical (unpaired) electrons. The van der Waals surface area contributed by atoms with Crippen molar-refractivity contribution in [2.24, 2.45) is 0 Å². The Hall–Kier alpha value is -2.61. The van der Waals surface area contributed by atoms with E-state index in [-0.39, 0.29) is 17.2 Å². The third kappa shape index (κ3) is 3.44. The molecule has 2 N–H and O–H groups in total. The fraction of sp³-hybridized carbons (Fsp3) is 0.0952. The molecule has 1 unspecified atom stereocenters. The van der Waals surface area contributed by atoms with Crippen LogP contribution in [0.4, 0.5) is 4.39 Å². The number of aliphatic hydroxyl groups excluding tert-OH is 1. The van der Waals surface area contributed by atoms with Crippen LogP contribution in [0.3, 0.4) is 0 Å². The highest BCUT2D eigenvalue weighted by molar-refractivity contribution is 8.26. The van der Waals surface area contributed by atoms with Crippen LogP contribution in [0, 0.1) is 5.82 Å². The summed E-state index contributed by atoms with van der Waals surface area (Å²) in [5, 5.41) is 13.3. The van der Waals surface area contributed by atoms with Crippen molar-refractivity contribution in [1.82, 2.24) is 10.3 Å². The molecular formula is C21H15FN2O2S2. The molecule has 1 saturated heterocycles. The molecule has 28 heavy (non-hydrogen) atoms. The lowest BCUT2D eigenvalue weighted by atomic mass is 9.99. The number of para-hydroxylation sites is 1. The molecule has 7 heteroatoms. The molecule has 1 aromatic heterocycles. The molecule has 1 amide bonds. The van der Waals surface area contributed by atoms with E-state index in [1.807, 2.05) is 12.1 Å². The van der Waals surface area contributed by atoms with Crippen LogP contribution in [0.5, 0.6) is 0 Å². The Kier molecular flexibility index (Phi) is 4.97. The van der Waals surface area contributed by atoms with Crippen molar-refractivity contribution in [1.29, 1.82) is 0 Å². The van der Waals surface area contributed by atoms with Gasteiger partial charge in [0, 0.05) is 16.5 Å². The van der Waals surface area contributed by atoms with Gasteiger partial charge in [-0.25, -0.2) is 9.37 Å². The van der Waals surface area contributed by atoms with Gasteiger partial charge in [-0.1, -0.05) is 60.4 Å². The number of fused-ring (bicyclic) bond motifs is 1. The molecule has 1 aliphatic heterocycles. The van der Waals surface area contributed by atoms with E-state index in [1.54, 1.807) is 42.5 Å². The summed E-state index contributed by atoms with van der Waals surface area (Å²) in [6.07, 6.45) is 0.730. The van der Waals surface area contributed by atoms with Gasteiger partial charge in [0.1, 0.15) is 10.0 Å². The smallest absolute Gasteiger partial charge is 0.263 e. The fourth-order valence-electron chi connectivity index (χ4n) is 3.16. The van der Waals surface area contributed by atoms with Gasteiger partial charge in [-0.2, -0.15) is 0 Å². The Balaban J connectivity index is 1.85. The number of nitrogens with zero attached hydrogens (tertiary/aromatic N) is 1. The molecule has 4 nitrogen and oxygen atoms in total. The number of thiocarbonyl (C=S) groups is 1. The first kappa shape index (κ1) is 18.7. The van der Waals surface area contributed by atoms with Crippen LogP contribution in [0.2, 0.25) is 0 Å². The Morgan fingerprint density at radius 2 is 2.04 bits per heavy atom. The van der Waals surface area contributed by atoms with Gasteiger partial charge in [0.15, 0.2) is 5.82 Å². The molecule has 0 bridgehead atoms. The van der Waals surface area contributed by atoms with Gasteiger partial charge < -0.3 is 10.4 Å². The molecule has 3 aromatic rings. The number of carbonyl (C=O) groups is 1. The van der Waals surface area contributed by atoms with Crippen molar-refractivity contribution in [2.75, 3.05) is 0 Å². The van der Waals surface area contributed by atoms with E-state index in [1.165, 1.54) is 18.7 Å². The molecule has 140 valence electrons. The zero-order valence-corrected chi connectivity index (χ0v) is 16.4. The van der Waals surface area contributed by atoms with Gasteiger partial charge in [-0.3, -0.25) is 4.79 Å². The lowest BCUT2D eigenvalue weighted by Crippen LogP contribution is -2.17. The zero-order chi connectivity index (χ0) is 19.8. The molecule has 0 saturated carbocycles.